The van der Waals surface area contributed by atoms with Crippen molar-refractivity contribution in [3.8, 4) is 0 Å². The number of nitro groups is 1. The van der Waals surface area contributed by atoms with E-state index in [0.717, 1.165) is 5.56 Å². The minimum absolute atomic E-state index is 0.113. The van der Waals surface area contributed by atoms with Crippen LogP contribution in [-0.4, -0.2) is 36.6 Å². The molecule has 1 heterocycles. The number of nitrogens with one attached hydrogen (secondary N) is 1. The van der Waals surface area contributed by atoms with Crippen molar-refractivity contribution in [2.45, 2.75) is 23.2 Å². The number of amides is 1. The summed E-state index contributed by atoms with van der Waals surface area (Å²) in [5.41, 5.74) is -0.355. The van der Waals surface area contributed by atoms with Gasteiger partial charge in [0.15, 0.2) is 0 Å². The van der Waals surface area contributed by atoms with E-state index in [0.29, 0.717) is 0 Å². The molecule has 1 aliphatic heterocycles. The molecule has 9 heteroatoms. The van der Waals surface area contributed by atoms with Gasteiger partial charge in [-0.3, -0.25) is 14.9 Å². The minimum Gasteiger partial charge on any atom is -0.320 e. The minimum atomic E-state index is -3.68. The maximum atomic E-state index is 13.6. The summed E-state index contributed by atoms with van der Waals surface area (Å²) in [7, 11) is -3.68. The van der Waals surface area contributed by atoms with Crippen LogP contribution in [-0.2, 0) is 20.2 Å². The van der Waals surface area contributed by atoms with Crippen LogP contribution in [0.15, 0.2) is 89.8 Å². The summed E-state index contributed by atoms with van der Waals surface area (Å²) in [6, 6.07) is 23.3. The van der Waals surface area contributed by atoms with Gasteiger partial charge in [0, 0.05) is 19.2 Å². The smallest absolute Gasteiger partial charge is 0.292 e. The van der Waals surface area contributed by atoms with Gasteiger partial charge in [0.2, 0.25) is 15.9 Å². The quantitative estimate of drug-likeness (QED) is 0.438. The van der Waals surface area contributed by atoms with Gasteiger partial charge in [-0.25, -0.2) is 8.42 Å². The van der Waals surface area contributed by atoms with Gasteiger partial charge in [0.05, 0.1) is 15.2 Å². The van der Waals surface area contributed by atoms with Crippen molar-refractivity contribution in [1.82, 2.24) is 4.31 Å². The maximum absolute atomic E-state index is 13.6. The number of benzene rings is 3. The molecule has 1 amide bonds. The van der Waals surface area contributed by atoms with Crippen molar-refractivity contribution in [3.63, 3.8) is 0 Å². The lowest BCUT2D eigenvalue weighted by molar-refractivity contribution is -0.383. The van der Waals surface area contributed by atoms with Crippen LogP contribution in [0.3, 0.4) is 0 Å². The number of nitro benzene ring substituents is 1. The average Bonchev–Trinajstić information content (AvgIpc) is 2.85. The summed E-state index contributed by atoms with van der Waals surface area (Å²) in [6.07, 6.45) is 0.491. The van der Waals surface area contributed by atoms with Gasteiger partial charge in [0.1, 0.15) is 5.69 Å². The fourth-order valence-corrected chi connectivity index (χ4v) is 5.70. The first-order valence-corrected chi connectivity index (χ1v) is 11.9. The Bertz CT molecular complexity index is 1260. The Balaban J connectivity index is 1.64. The number of hydrogen-bond donors (Lipinski definition) is 1. The first kappa shape index (κ1) is 22.6. The molecule has 0 unspecified atom stereocenters. The summed E-state index contributed by atoms with van der Waals surface area (Å²) in [4.78, 5) is 24.7. The average molecular weight is 466 g/mol. The number of carbonyl (C=O) groups excluding carboxylic acids is 1. The molecule has 1 N–H and O–H groups in total. The molecule has 0 spiro atoms. The highest BCUT2D eigenvalue weighted by molar-refractivity contribution is 7.89. The van der Waals surface area contributed by atoms with Gasteiger partial charge < -0.3 is 5.32 Å². The van der Waals surface area contributed by atoms with Gasteiger partial charge in [-0.05, 0) is 36.6 Å². The highest BCUT2D eigenvalue weighted by Crippen LogP contribution is 2.39. The van der Waals surface area contributed by atoms with Crippen LogP contribution in [0.2, 0.25) is 0 Å². The molecule has 1 aliphatic rings. The van der Waals surface area contributed by atoms with E-state index in [1.54, 1.807) is 36.4 Å². The normalized spacial score (nSPS) is 16.1. The van der Waals surface area contributed by atoms with Gasteiger partial charge >= 0.3 is 0 Å². The second kappa shape index (κ2) is 9.13. The number of nitrogens with zero attached hydrogens (tertiary/aromatic N) is 2. The molecule has 1 saturated heterocycles. The van der Waals surface area contributed by atoms with Crippen LogP contribution in [0, 0.1) is 10.1 Å². The number of rotatable bonds is 6. The summed E-state index contributed by atoms with van der Waals surface area (Å²) < 4.78 is 27.5. The Labute approximate surface area is 192 Å². The standard InChI is InChI=1S/C24H23N3O5S/c28-23(25-21-13-7-8-14-22(21)27(29)30)24(19-9-3-1-4-10-19)15-17-26(18-16-24)33(31,32)20-11-5-2-6-12-20/h1-14H,15-18H2,(H,25,28). The molecule has 0 saturated carbocycles. The SMILES string of the molecule is O=C(Nc1ccccc1[N+](=O)[O-])C1(c2ccccc2)CCN(S(=O)(=O)c2ccccc2)CC1. The predicted octanol–water partition coefficient (Wildman–Crippen LogP) is 3.96. The van der Waals surface area contributed by atoms with E-state index in [-0.39, 0.29) is 48.1 Å². The molecular weight excluding hydrogens is 442 g/mol. The lowest BCUT2D eigenvalue weighted by Gasteiger charge is -2.40. The van der Waals surface area contributed by atoms with Gasteiger partial charge in [-0.2, -0.15) is 4.31 Å². The monoisotopic (exact) mass is 465 g/mol. The number of carbonyl (C=O) groups is 1. The third-order valence-electron chi connectivity index (χ3n) is 6.07. The molecule has 0 atom stereocenters. The van der Waals surface area contributed by atoms with E-state index in [4.69, 9.17) is 0 Å². The van der Waals surface area contributed by atoms with E-state index in [9.17, 15) is 23.3 Å². The summed E-state index contributed by atoms with van der Waals surface area (Å²) in [5, 5.41) is 14.1. The molecule has 0 radical (unpaired) electrons. The molecule has 3 aromatic rings. The van der Waals surface area contributed by atoms with Crippen LogP contribution in [0.25, 0.3) is 0 Å². The van der Waals surface area contributed by atoms with E-state index in [1.165, 1.54) is 22.5 Å². The number of hydrogen-bond acceptors (Lipinski definition) is 5. The van der Waals surface area contributed by atoms with Crippen LogP contribution < -0.4 is 5.32 Å². The Morgan fingerprint density at radius 2 is 1.42 bits per heavy atom. The third kappa shape index (κ3) is 4.37. The van der Waals surface area contributed by atoms with Gasteiger partial charge in [0.25, 0.3) is 5.69 Å². The lowest BCUT2D eigenvalue weighted by Crippen LogP contribution is -2.50. The zero-order chi connectivity index (χ0) is 23.5. The van der Waals surface area contributed by atoms with Crippen molar-refractivity contribution in [1.29, 1.82) is 0 Å². The fourth-order valence-electron chi connectivity index (χ4n) is 4.23. The molecule has 33 heavy (non-hydrogen) atoms. The van der Waals surface area contributed by atoms with E-state index in [1.807, 2.05) is 30.3 Å². The summed E-state index contributed by atoms with van der Waals surface area (Å²) in [5.74, 6) is -0.389. The van der Waals surface area contributed by atoms with Crippen molar-refractivity contribution in [2.75, 3.05) is 18.4 Å². The predicted molar refractivity (Wildman–Crippen MR) is 124 cm³/mol. The number of sulfonamides is 1. The fraction of sp³-hybridized carbons (Fsp3) is 0.208. The first-order chi connectivity index (χ1) is 15.8. The molecule has 0 aromatic heterocycles. The van der Waals surface area contributed by atoms with Crippen LogP contribution in [0.5, 0.6) is 0 Å². The Morgan fingerprint density at radius 1 is 0.879 bits per heavy atom. The highest BCUT2D eigenvalue weighted by Gasteiger charge is 2.45. The second-order valence-electron chi connectivity index (χ2n) is 7.89. The van der Waals surface area contributed by atoms with Crippen molar-refractivity contribution < 1.29 is 18.1 Å². The molecule has 4 rings (SSSR count). The first-order valence-electron chi connectivity index (χ1n) is 10.5. The summed E-state index contributed by atoms with van der Waals surface area (Å²) >= 11 is 0. The molecule has 170 valence electrons. The zero-order valence-electron chi connectivity index (χ0n) is 17.8. The number of para-hydroxylation sites is 2. The zero-order valence-corrected chi connectivity index (χ0v) is 18.6. The second-order valence-corrected chi connectivity index (χ2v) is 9.83. The molecule has 0 bridgehead atoms. The maximum Gasteiger partial charge on any atom is 0.292 e. The van der Waals surface area contributed by atoms with Crippen LogP contribution >= 0.6 is 0 Å². The largest absolute Gasteiger partial charge is 0.320 e. The molecule has 8 nitrogen and oxygen atoms in total. The van der Waals surface area contributed by atoms with Crippen molar-refractivity contribution in [3.05, 3.63) is 101 Å². The number of piperidine rings is 1. The third-order valence-corrected chi connectivity index (χ3v) is 7.98. The topological polar surface area (TPSA) is 110 Å². The molecular formula is C24H23N3O5S. The van der Waals surface area contributed by atoms with Gasteiger partial charge in [-0.15, -0.1) is 0 Å². The highest BCUT2D eigenvalue weighted by atomic mass is 32.2. The van der Waals surface area contributed by atoms with E-state index < -0.39 is 20.4 Å². The Hall–Kier alpha value is -3.56. The van der Waals surface area contributed by atoms with E-state index >= 15 is 0 Å². The molecule has 1 fully saturated rings. The number of anilines is 1. The summed E-state index contributed by atoms with van der Waals surface area (Å²) in [6.45, 7) is 0.298. The van der Waals surface area contributed by atoms with Crippen LogP contribution in [0.4, 0.5) is 11.4 Å². The Kier molecular flexibility index (Phi) is 6.26. The lowest BCUT2D eigenvalue weighted by atomic mass is 9.72. The molecule has 3 aromatic carbocycles. The van der Waals surface area contributed by atoms with E-state index in [2.05, 4.69) is 5.32 Å². The molecule has 0 aliphatic carbocycles. The van der Waals surface area contributed by atoms with Gasteiger partial charge in [-0.1, -0.05) is 60.7 Å². The van der Waals surface area contributed by atoms with Crippen molar-refractivity contribution >= 4 is 27.3 Å². The van der Waals surface area contributed by atoms with Crippen molar-refractivity contribution in [2.24, 2.45) is 0 Å². The Morgan fingerprint density at radius 3 is 2.03 bits per heavy atom. The van der Waals surface area contributed by atoms with Crippen LogP contribution in [0.1, 0.15) is 18.4 Å².